The molecule has 0 bridgehead atoms. The van der Waals surface area contributed by atoms with Crippen LogP contribution in [0.25, 0.3) is 11.2 Å². The molecular weight excluding hydrogens is 290 g/mol. The minimum absolute atomic E-state index is 0.0454. The van der Waals surface area contributed by atoms with Crippen molar-refractivity contribution in [3.63, 3.8) is 0 Å². The number of ether oxygens (including phenoxy) is 1. The Morgan fingerprint density at radius 1 is 1.35 bits per heavy atom. The van der Waals surface area contributed by atoms with Crippen LogP contribution in [0.3, 0.4) is 0 Å². The van der Waals surface area contributed by atoms with E-state index in [1.54, 1.807) is 0 Å². The Balaban J connectivity index is 2.07. The molecule has 1 aliphatic rings. The van der Waals surface area contributed by atoms with Crippen molar-refractivity contribution in [2.24, 2.45) is 0 Å². The van der Waals surface area contributed by atoms with Crippen LogP contribution in [0.1, 0.15) is 6.23 Å². The van der Waals surface area contributed by atoms with Crippen LogP contribution in [-0.4, -0.2) is 59.8 Å². The summed E-state index contributed by atoms with van der Waals surface area (Å²) in [7, 11) is 0. The Hall–Kier alpha value is -1.52. The van der Waals surface area contributed by atoms with Crippen molar-refractivity contribution in [3.8, 4) is 0 Å². The van der Waals surface area contributed by atoms with E-state index in [0.29, 0.717) is 5.52 Å². The van der Waals surface area contributed by atoms with Crippen LogP contribution in [0, 0.1) is 0 Å². The van der Waals surface area contributed by atoms with Crippen LogP contribution in [0.4, 0.5) is 5.95 Å². The summed E-state index contributed by atoms with van der Waals surface area (Å²) in [5.74, 6) is -0.0454. The van der Waals surface area contributed by atoms with Crippen LogP contribution < -0.4 is 5.73 Å². The van der Waals surface area contributed by atoms with Crippen molar-refractivity contribution in [1.82, 2.24) is 19.5 Å². The highest BCUT2D eigenvalue weighted by Crippen LogP contribution is 2.32. The van der Waals surface area contributed by atoms with Crippen molar-refractivity contribution in [1.29, 1.82) is 0 Å². The molecule has 1 saturated heterocycles. The molecule has 10 heteroatoms. The molecule has 2 aromatic heterocycles. The summed E-state index contributed by atoms with van der Waals surface area (Å²) >= 11 is 5.90. The van der Waals surface area contributed by atoms with Crippen molar-refractivity contribution in [3.05, 3.63) is 11.5 Å². The summed E-state index contributed by atoms with van der Waals surface area (Å²) in [5, 5.41) is 28.9. The summed E-state index contributed by atoms with van der Waals surface area (Å²) in [4.78, 5) is 11.8. The topological polar surface area (TPSA) is 140 Å². The number of aromatic nitrogens is 4. The quantitative estimate of drug-likeness (QED) is 0.500. The number of imidazole rings is 1. The number of hydrogen-bond donors (Lipinski definition) is 4. The summed E-state index contributed by atoms with van der Waals surface area (Å²) in [6.45, 7) is -0.417. The van der Waals surface area contributed by atoms with E-state index in [-0.39, 0.29) is 16.7 Å². The molecule has 0 amide bonds. The highest BCUT2D eigenvalue weighted by Gasteiger charge is 2.44. The van der Waals surface area contributed by atoms with Gasteiger partial charge in [-0.15, -0.1) is 0 Å². The lowest BCUT2D eigenvalue weighted by Gasteiger charge is -2.16. The predicted octanol–water partition coefficient (Wildman–Crippen LogP) is -1.33. The van der Waals surface area contributed by atoms with Gasteiger partial charge in [0.15, 0.2) is 17.0 Å². The van der Waals surface area contributed by atoms with Crippen LogP contribution in [0.5, 0.6) is 0 Å². The maximum absolute atomic E-state index is 9.99. The molecule has 0 spiro atoms. The first kappa shape index (κ1) is 13.5. The number of halogens is 1. The van der Waals surface area contributed by atoms with E-state index in [0.717, 1.165) is 0 Å². The van der Waals surface area contributed by atoms with Crippen molar-refractivity contribution in [2.45, 2.75) is 24.5 Å². The average molecular weight is 302 g/mol. The molecule has 108 valence electrons. The molecule has 1 aliphatic heterocycles. The average Bonchev–Trinajstić information content (AvgIpc) is 2.93. The second kappa shape index (κ2) is 4.79. The van der Waals surface area contributed by atoms with Crippen LogP contribution in [-0.2, 0) is 4.74 Å². The Morgan fingerprint density at radius 3 is 2.75 bits per heavy atom. The van der Waals surface area contributed by atoms with Gasteiger partial charge in [0, 0.05) is 0 Å². The Bertz CT molecular complexity index is 650. The third-order valence-electron chi connectivity index (χ3n) is 3.19. The molecule has 0 aliphatic carbocycles. The number of aliphatic hydroxyl groups is 3. The highest BCUT2D eigenvalue weighted by molar-refractivity contribution is 6.33. The van der Waals surface area contributed by atoms with E-state index >= 15 is 0 Å². The van der Waals surface area contributed by atoms with E-state index in [2.05, 4.69) is 15.0 Å². The zero-order chi connectivity index (χ0) is 14.4. The third kappa shape index (κ3) is 1.91. The first-order valence-electron chi connectivity index (χ1n) is 5.81. The van der Waals surface area contributed by atoms with Gasteiger partial charge >= 0.3 is 0 Å². The van der Waals surface area contributed by atoms with Crippen molar-refractivity contribution < 1.29 is 20.1 Å². The van der Waals surface area contributed by atoms with E-state index in [1.165, 1.54) is 10.9 Å². The van der Waals surface area contributed by atoms with Gasteiger partial charge in [-0.05, 0) is 0 Å². The lowest BCUT2D eigenvalue weighted by Crippen LogP contribution is -2.33. The minimum atomic E-state index is -1.24. The van der Waals surface area contributed by atoms with Gasteiger partial charge in [0.1, 0.15) is 23.8 Å². The molecule has 20 heavy (non-hydrogen) atoms. The maximum atomic E-state index is 9.99. The van der Waals surface area contributed by atoms with Gasteiger partial charge in [-0.1, -0.05) is 11.6 Å². The standard InChI is InChI=1S/C10H12ClN5O4/c11-7-4-8(15-10(12)14-7)16(2-13-4)9-6(19)5(18)3(1-17)20-9/h2-3,5-6,9,17-19H,1H2,(H2,12,14,15)/t3-,5-,6-,9?/m1/s1. The predicted molar refractivity (Wildman–Crippen MR) is 67.8 cm³/mol. The number of rotatable bonds is 2. The summed E-state index contributed by atoms with van der Waals surface area (Å²) < 4.78 is 6.79. The van der Waals surface area contributed by atoms with Gasteiger partial charge in [0.05, 0.1) is 12.9 Å². The lowest BCUT2D eigenvalue weighted by molar-refractivity contribution is -0.0511. The van der Waals surface area contributed by atoms with Crippen molar-refractivity contribution in [2.75, 3.05) is 12.3 Å². The Labute approximate surface area is 117 Å². The number of aliphatic hydroxyl groups excluding tert-OH is 3. The van der Waals surface area contributed by atoms with Gasteiger partial charge in [-0.3, -0.25) is 4.57 Å². The molecule has 3 rings (SSSR count). The van der Waals surface area contributed by atoms with Gasteiger partial charge in [0.2, 0.25) is 5.95 Å². The summed E-state index contributed by atoms with van der Waals surface area (Å²) in [6, 6.07) is 0. The number of fused-ring (bicyclic) bond motifs is 1. The van der Waals surface area contributed by atoms with Crippen LogP contribution in [0.2, 0.25) is 5.15 Å². The lowest BCUT2D eigenvalue weighted by atomic mass is 10.1. The molecule has 5 N–H and O–H groups in total. The smallest absolute Gasteiger partial charge is 0.223 e. The van der Waals surface area contributed by atoms with Crippen LogP contribution in [0.15, 0.2) is 6.33 Å². The van der Waals surface area contributed by atoms with Gasteiger partial charge < -0.3 is 25.8 Å². The van der Waals surface area contributed by atoms with E-state index in [1.807, 2.05) is 0 Å². The van der Waals surface area contributed by atoms with Gasteiger partial charge in [-0.25, -0.2) is 4.98 Å². The SMILES string of the molecule is Nc1nc(Cl)c2ncn(C3O[C@H](CO)[C@@H](O)[C@H]3O)c2n1. The van der Waals surface area contributed by atoms with Crippen molar-refractivity contribution >= 4 is 28.7 Å². The summed E-state index contributed by atoms with van der Waals surface area (Å²) in [5.41, 5.74) is 6.11. The van der Waals surface area contributed by atoms with E-state index in [4.69, 9.17) is 27.2 Å². The third-order valence-corrected chi connectivity index (χ3v) is 3.45. The Morgan fingerprint density at radius 2 is 2.10 bits per heavy atom. The number of nitrogens with zero attached hydrogens (tertiary/aromatic N) is 4. The molecule has 1 fully saturated rings. The molecule has 0 saturated carbocycles. The first-order valence-corrected chi connectivity index (χ1v) is 6.18. The largest absolute Gasteiger partial charge is 0.394 e. The monoisotopic (exact) mass is 301 g/mol. The highest BCUT2D eigenvalue weighted by atomic mass is 35.5. The Kier molecular flexibility index (Phi) is 3.22. The fourth-order valence-corrected chi connectivity index (χ4v) is 2.41. The second-order valence-electron chi connectivity index (χ2n) is 4.43. The molecule has 4 atom stereocenters. The number of nitrogen functional groups attached to an aromatic ring is 1. The molecular formula is C10H12ClN5O4. The first-order chi connectivity index (χ1) is 9.52. The fraction of sp³-hybridized carbons (Fsp3) is 0.500. The van der Waals surface area contributed by atoms with E-state index in [9.17, 15) is 10.2 Å². The molecule has 0 aromatic carbocycles. The van der Waals surface area contributed by atoms with Crippen LogP contribution >= 0.6 is 11.6 Å². The summed E-state index contributed by atoms with van der Waals surface area (Å²) in [6.07, 6.45) is -2.93. The number of nitrogens with two attached hydrogens (primary N) is 1. The number of anilines is 1. The molecule has 1 unspecified atom stereocenters. The van der Waals surface area contributed by atoms with Gasteiger partial charge in [0.25, 0.3) is 0 Å². The zero-order valence-electron chi connectivity index (χ0n) is 10.1. The van der Waals surface area contributed by atoms with Gasteiger partial charge in [-0.2, -0.15) is 9.97 Å². The molecule has 0 radical (unpaired) electrons. The fourth-order valence-electron chi connectivity index (χ4n) is 2.19. The second-order valence-corrected chi connectivity index (χ2v) is 4.78. The normalized spacial score (nSPS) is 30.2. The van der Waals surface area contributed by atoms with E-state index < -0.39 is 31.1 Å². The molecule has 2 aromatic rings. The number of hydrogen-bond acceptors (Lipinski definition) is 8. The molecule has 3 heterocycles. The zero-order valence-corrected chi connectivity index (χ0v) is 10.8. The maximum Gasteiger partial charge on any atom is 0.223 e. The minimum Gasteiger partial charge on any atom is -0.394 e. The molecule has 9 nitrogen and oxygen atoms in total.